The molecule has 0 aliphatic carbocycles. The number of methoxy groups -OCH3 is 1. The van der Waals surface area contributed by atoms with Crippen LogP contribution in [0.15, 0.2) is 0 Å². The van der Waals surface area contributed by atoms with Gasteiger partial charge in [-0.3, -0.25) is 4.90 Å². The molecular formula is C15H30N2O2. The monoisotopic (exact) mass is 270 g/mol. The van der Waals surface area contributed by atoms with Gasteiger partial charge in [0.25, 0.3) is 0 Å². The maximum absolute atomic E-state index is 5.82. The zero-order valence-electron chi connectivity index (χ0n) is 12.6. The number of hydrogen-bond donors (Lipinski definition) is 0. The lowest BCUT2D eigenvalue weighted by Crippen LogP contribution is -2.44. The van der Waals surface area contributed by atoms with Crippen molar-refractivity contribution < 1.29 is 9.47 Å². The van der Waals surface area contributed by atoms with Gasteiger partial charge in [0, 0.05) is 32.8 Å². The minimum Gasteiger partial charge on any atom is -0.382 e. The van der Waals surface area contributed by atoms with E-state index in [9.17, 15) is 0 Å². The second-order valence-corrected chi connectivity index (χ2v) is 5.79. The number of likely N-dealkylation sites (tertiary alicyclic amines) is 2. The van der Waals surface area contributed by atoms with Gasteiger partial charge in [-0.2, -0.15) is 0 Å². The smallest absolute Gasteiger partial charge is 0.0704 e. The van der Waals surface area contributed by atoms with E-state index < -0.39 is 0 Å². The van der Waals surface area contributed by atoms with Crippen LogP contribution in [0.3, 0.4) is 0 Å². The third kappa shape index (κ3) is 4.71. The Bertz CT molecular complexity index is 242. The summed E-state index contributed by atoms with van der Waals surface area (Å²) in [5.41, 5.74) is 0. The molecule has 1 unspecified atom stereocenters. The summed E-state index contributed by atoms with van der Waals surface area (Å²) in [7, 11) is 1.73. The van der Waals surface area contributed by atoms with E-state index >= 15 is 0 Å². The van der Waals surface area contributed by atoms with Crippen molar-refractivity contribution in [2.75, 3.05) is 53.0 Å². The van der Waals surface area contributed by atoms with Crippen LogP contribution in [0.1, 0.15) is 32.6 Å². The number of nitrogens with zero attached hydrogens (tertiary/aromatic N) is 2. The molecule has 0 bridgehead atoms. The van der Waals surface area contributed by atoms with Gasteiger partial charge in [0.1, 0.15) is 0 Å². The van der Waals surface area contributed by atoms with Crippen LogP contribution < -0.4 is 0 Å². The molecule has 0 aromatic heterocycles. The normalized spacial score (nSPS) is 27.2. The third-order valence-corrected chi connectivity index (χ3v) is 4.55. The Balaban J connectivity index is 1.63. The van der Waals surface area contributed by atoms with Crippen LogP contribution in [0, 0.1) is 0 Å². The molecule has 4 nitrogen and oxygen atoms in total. The molecule has 4 heteroatoms. The zero-order valence-corrected chi connectivity index (χ0v) is 12.6. The molecule has 0 spiro atoms. The predicted molar refractivity (Wildman–Crippen MR) is 77.6 cm³/mol. The van der Waals surface area contributed by atoms with Crippen LogP contribution in [-0.4, -0.2) is 75.0 Å². The van der Waals surface area contributed by atoms with E-state index in [0.717, 1.165) is 12.6 Å². The average Bonchev–Trinajstić information content (AvgIpc) is 2.88. The lowest BCUT2D eigenvalue weighted by Gasteiger charge is -2.35. The number of rotatable bonds is 7. The van der Waals surface area contributed by atoms with Crippen molar-refractivity contribution in [3.63, 3.8) is 0 Å². The topological polar surface area (TPSA) is 24.9 Å². The highest BCUT2D eigenvalue weighted by molar-refractivity contribution is 4.83. The van der Waals surface area contributed by atoms with Crippen LogP contribution >= 0.6 is 0 Å². The van der Waals surface area contributed by atoms with E-state index in [1.807, 2.05) is 0 Å². The number of likely N-dealkylation sites (N-methyl/N-ethyl adjacent to an activating group) is 1. The van der Waals surface area contributed by atoms with Gasteiger partial charge in [0.2, 0.25) is 0 Å². The summed E-state index contributed by atoms with van der Waals surface area (Å²) in [6, 6.07) is 0.802. The van der Waals surface area contributed by atoms with Crippen molar-refractivity contribution in [3.05, 3.63) is 0 Å². The fourth-order valence-corrected chi connectivity index (χ4v) is 3.37. The molecule has 0 radical (unpaired) electrons. The first kappa shape index (κ1) is 15.2. The summed E-state index contributed by atoms with van der Waals surface area (Å²) in [6.07, 6.45) is 5.59. The van der Waals surface area contributed by atoms with Gasteiger partial charge in [0.05, 0.1) is 19.3 Å². The van der Waals surface area contributed by atoms with Crippen LogP contribution in [0.5, 0.6) is 0 Å². The van der Waals surface area contributed by atoms with Crippen molar-refractivity contribution in [2.24, 2.45) is 0 Å². The number of piperidine rings is 1. The van der Waals surface area contributed by atoms with Gasteiger partial charge >= 0.3 is 0 Å². The second-order valence-electron chi connectivity index (χ2n) is 5.79. The van der Waals surface area contributed by atoms with Crippen molar-refractivity contribution >= 4 is 0 Å². The molecule has 2 fully saturated rings. The molecule has 0 saturated carbocycles. The molecule has 0 N–H and O–H groups in total. The third-order valence-electron chi connectivity index (χ3n) is 4.55. The maximum Gasteiger partial charge on any atom is 0.0704 e. The van der Waals surface area contributed by atoms with Crippen molar-refractivity contribution in [2.45, 2.75) is 44.8 Å². The van der Waals surface area contributed by atoms with E-state index in [-0.39, 0.29) is 0 Å². The van der Waals surface area contributed by atoms with Crippen LogP contribution in [0.4, 0.5) is 0 Å². The summed E-state index contributed by atoms with van der Waals surface area (Å²) >= 11 is 0. The molecule has 0 aromatic rings. The Hall–Kier alpha value is -0.160. The van der Waals surface area contributed by atoms with Crippen molar-refractivity contribution in [1.29, 1.82) is 0 Å². The van der Waals surface area contributed by atoms with Gasteiger partial charge in [-0.05, 0) is 38.8 Å². The highest BCUT2D eigenvalue weighted by Crippen LogP contribution is 2.20. The van der Waals surface area contributed by atoms with Crippen molar-refractivity contribution in [1.82, 2.24) is 9.80 Å². The largest absolute Gasteiger partial charge is 0.382 e. The summed E-state index contributed by atoms with van der Waals surface area (Å²) in [5, 5.41) is 0. The van der Waals surface area contributed by atoms with Crippen LogP contribution in [0.25, 0.3) is 0 Å². The first-order valence-corrected chi connectivity index (χ1v) is 7.90. The fourth-order valence-electron chi connectivity index (χ4n) is 3.37. The van der Waals surface area contributed by atoms with E-state index in [1.54, 1.807) is 7.11 Å². The molecule has 1 atom stereocenters. The van der Waals surface area contributed by atoms with Crippen molar-refractivity contribution in [3.8, 4) is 0 Å². The zero-order chi connectivity index (χ0) is 13.5. The quantitative estimate of drug-likeness (QED) is 0.656. The Kier molecular flexibility index (Phi) is 6.57. The van der Waals surface area contributed by atoms with Crippen LogP contribution in [0.2, 0.25) is 0 Å². The summed E-state index contributed by atoms with van der Waals surface area (Å²) in [6.45, 7) is 9.92. The van der Waals surface area contributed by atoms with E-state index in [4.69, 9.17) is 9.47 Å². The molecule has 2 aliphatic rings. The van der Waals surface area contributed by atoms with E-state index in [0.29, 0.717) is 12.7 Å². The molecule has 0 aromatic carbocycles. The Labute approximate surface area is 118 Å². The molecular weight excluding hydrogens is 240 g/mol. The minimum atomic E-state index is 0.456. The van der Waals surface area contributed by atoms with E-state index in [1.165, 1.54) is 58.4 Å². The maximum atomic E-state index is 5.82. The van der Waals surface area contributed by atoms with Gasteiger partial charge in [-0.15, -0.1) is 0 Å². The molecule has 2 saturated heterocycles. The minimum absolute atomic E-state index is 0.456. The molecule has 2 aliphatic heterocycles. The van der Waals surface area contributed by atoms with Gasteiger partial charge in [-0.1, -0.05) is 6.92 Å². The van der Waals surface area contributed by atoms with E-state index in [2.05, 4.69) is 16.7 Å². The highest BCUT2D eigenvalue weighted by atomic mass is 16.5. The molecule has 0 amide bonds. The van der Waals surface area contributed by atoms with Crippen LogP contribution in [-0.2, 0) is 9.47 Å². The molecule has 2 rings (SSSR count). The summed E-state index contributed by atoms with van der Waals surface area (Å²) < 4.78 is 10.8. The molecule has 2 heterocycles. The lowest BCUT2D eigenvalue weighted by atomic mass is 10.1. The molecule has 112 valence electrons. The Morgan fingerprint density at radius 1 is 1.05 bits per heavy atom. The first-order valence-electron chi connectivity index (χ1n) is 7.90. The highest BCUT2D eigenvalue weighted by Gasteiger charge is 2.27. The van der Waals surface area contributed by atoms with Gasteiger partial charge in [0.15, 0.2) is 0 Å². The molecule has 19 heavy (non-hydrogen) atoms. The standard InChI is InChI=1S/C15H30N2O2/c1-3-17-8-4-5-14(17)13-16-9-6-15(7-10-16)19-12-11-18-2/h14-15H,3-13H2,1-2H3. The van der Waals surface area contributed by atoms with Gasteiger partial charge < -0.3 is 14.4 Å². The Morgan fingerprint density at radius 2 is 1.84 bits per heavy atom. The first-order chi connectivity index (χ1) is 9.33. The fraction of sp³-hybridized carbons (Fsp3) is 1.00. The second kappa shape index (κ2) is 8.20. The summed E-state index contributed by atoms with van der Waals surface area (Å²) in [5.74, 6) is 0. The predicted octanol–water partition coefficient (Wildman–Crippen LogP) is 1.60. The SMILES string of the molecule is CCN1CCCC1CN1CCC(OCCOC)CC1. The summed E-state index contributed by atoms with van der Waals surface area (Å²) in [4.78, 5) is 5.27. The average molecular weight is 270 g/mol. The van der Waals surface area contributed by atoms with Gasteiger partial charge in [-0.25, -0.2) is 0 Å². The lowest BCUT2D eigenvalue weighted by molar-refractivity contribution is -0.0172. The Morgan fingerprint density at radius 3 is 2.53 bits per heavy atom. The number of hydrogen-bond acceptors (Lipinski definition) is 4. The number of ether oxygens (including phenoxy) is 2.